The maximum Gasteiger partial charge on any atom is 0.332 e. The Morgan fingerprint density at radius 3 is 2.45 bits per heavy atom. The highest BCUT2D eigenvalue weighted by molar-refractivity contribution is 6.02. The second-order valence-corrected chi connectivity index (χ2v) is 7.82. The summed E-state index contributed by atoms with van der Waals surface area (Å²) in [5.74, 6) is 0.127. The van der Waals surface area contributed by atoms with Crippen molar-refractivity contribution < 1.29 is 4.39 Å². The van der Waals surface area contributed by atoms with Crippen molar-refractivity contribution in [1.29, 1.82) is 0 Å². The van der Waals surface area contributed by atoms with Crippen LogP contribution in [0, 0.1) is 5.82 Å². The molecule has 0 amide bonds. The van der Waals surface area contributed by atoms with Gasteiger partial charge < -0.3 is 0 Å². The molecule has 0 saturated carbocycles. The molecule has 8 nitrogen and oxygen atoms in total. The Morgan fingerprint density at radius 2 is 1.73 bits per heavy atom. The summed E-state index contributed by atoms with van der Waals surface area (Å²) in [4.78, 5) is 30.0. The molecule has 1 aliphatic rings. The average Bonchev–Trinajstić information content (AvgIpc) is 3.22. The molecule has 2 aromatic carbocycles. The molecule has 0 spiro atoms. The summed E-state index contributed by atoms with van der Waals surface area (Å²) in [5.41, 5.74) is 2.19. The number of aryl methyl sites for hydroxylation is 1. The summed E-state index contributed by atoms with van der Waals surface area (Å²) in [6.07, 6.45) is 3.93. The molecule has 0 bridgehead atoms. The summed E-state index contributed by atoms with van der Waals surface area (Å²) < 4.78 is 17.7. The minimum absolute atomic E-state index is 0.268. The van der Waals surface area contributed by atoms with E-state index in [-0.39, 0.29) is 12.4 Å². The maximum atomic E-state index is 13.5. The predicted octanol–water partition coefficient (Wildman–Crippen LogP) is 2.51. The summed E-state index contributed by atoms with van der Waals surface area (Å²) in [6, 6.07) is 15.9. The lowest BCUT2D eigenvalue weighted by atomic mass is 10.1. The van der Waals surface area contributed by atoms with Crippen molar-refractivity contribution in [2.24, 2.45) is 19.2 Å². The van der Waals surface area contributed by atoms with E-state index in [1.807, 2.05) is 42.5 Å². The van der Waals surface area contributed by atoms with Crippen molar-refractivity contribution in [3.8, 4) is 0 Å². The number of nitrogens with zero attached hydrogens (tertiary/aromatic N) is 6. The minimum atomic E-state index is -0.446. The lowest BCUT2D eigenvalue weighted by Gasteiger charge is -2.25. The zero-order valence-corrected chi connectivity index (χ0v) is 18.1. The van der Waals surface area contributed by atoms with Crippen LogP contribution in [-0.2, 0) is 20.6 Å². The van der Waals surface area contributed by atoms with Crippen LogP contribution in [0.2, 0.25) is 0 Å². The fraction of sp³-hybridized carbons (Fsp3) is 0.167. The van der Waals surface area contributed by atoms with Crippen LogP contribution in [0.3, 0.4) is 0 Å². The molecule has 5 rings (SSSR count). The number of anilines is 1. The predicted molar refractivity (Wildman–Crippen MR) is 126 cm³/mol. The number of fused-ring (bicyclic) bond motifs is 3. The third-order valence-corrected chi connectivity index (χ3v) is 5.67. The van der Waals surface area contributed by atoms with Gasteiger partial charge in [0.1, 0.15) is 5.82 Å². The van der Waals surface area contributed by atoms with E-state index in [1.165, 1.54) is 23.7 Å². The van der Waals surface area contributed by atoms with Crippen LogP contribution < -0.4 is 16.3 Å². The van der Waals surface area contributed by atoms with E-state index in [0.29, 0.717) is 29.4 Å². The first-order valence-corrected chi connectivity index (χ1v) is 10.4. The van der Waals surface area contributed by atoms with Crippen LogP contribution in [0.25, 0.3) is 17.2 Å². The quantitative estimate of drug-likeness (QED) is 0.485. The molecule has 4 aromatic rings. The standard InChI is InChI=1S/C24H21FN6O2/c1-28-21-20(22(32)29(2)24(28)33)30-15-19(17-10-12-18(25)13-11-17)27-31(23(30)26-21)14-6-9-16-7-4-3-5-8-16/h3-13H,14-15H2,1-2H3. The molecule has 0 atom stereocenters. The lowest BCUT2D eigenvalue weighted by Crippen LogP contribution is -2.38. The molecule has 0 N–H and O–H groups in total. The first-order valence-electron chi connectivity index (χ1n) is 10.4. The summed E-state index contributed by atoms with van der Waals surface area (Å²) in [7, 11) is 3.03. The van der Waals surface area contributed by atoms with Gasteiger partial charge in [-0.15, -0.1) is 0 Å². The summed E-state index contributed by atoms with van der Waals surface area (Å²) in [6.45, 7) is 0.654. The van der Waals surface area contributed by atoms with Gasteiger partial charge in [-0.1, -0.05) is 54.6 Å². The van der Waals surface area contributed by atoms with Crippen LogP contribution in [0.4, 0.5) is 10.3 Å². The molecule has 2 aromatic heterocycles. The molecule has 9 heteroatoms. The Labute approximate surface area is 188 Å². The number of halogens is 1. The number of hydrogen-bond acceptors (Lipinski definition) is 5. The Morgan fingerprint density at radius 1 is 1.00 bits per heavy atom. The monoisotopic (exact) mass is 444 g/mol. The van der Waals surface area contributed by atoms with Gasteiger partial charge in [0.25, 0.3) is 5.56 Å². The van der Waals surface area contributed by atoms with E-state index >= 15 is 0 Å². The SMILES string of the molecule is Cn1c(=O)c2c(nc3n2CC(c2ccc(F)cc2)=NN3CC=Cc2ccccc2)n(C)c1=O. The fourth-order valence-corrected chi connectivity index (χ4v) is 3.92. The number of benzene rings is 2. The van der Waals surface area contributed by atoms with Gasteiger partial charge in [-0.2, -0.15) is 10.1 Å². The van der Waals surface area contributed by atoms with Crippen molar-refractivity contribution in [3.63, 3.8) is 0 Å². The molecule has 0 aliphatic carbocycles. The molecule has 0 fully saturated rings. The van der Waals surface area contributed by atoms with Gasteiger partial charge in [-0.05, 0) is 23.3 Å². The van der Waals surface area contributed by atoms with Crippen molar-refractivity contribution in [2.45, 2.75) is 6.54 Å². The van der Waals surface area contributed by atoms with Gasteiger partial charge in [0.05, 0.1) is 18.8 Å². The number of imidazole rings is 1. The van der Waals surface area contributed by atoms with E-state index in [9.17, 15) is 14.0 Å². The molecule has 1 aliphatic heterocycles. The molecular weight excluding hydrogens is 423 g/mol. The molecule has 0 unspecified atom stereocenters. The van der Waals surface area contributed by atoms with Gasteiger partial charge in [0.15, 0.2) is 11.2 Å². The molecule has 0 radical (unpaired) electrons. The van der Waals surface area contributed by atoms with Gasteiger partial charge in [-0.25, -0.2) is 14.2 Å². The van der Waals surface area contributed by atoms with Crippen molar-refractivity contribution in [1.82, 2.24) is 18.7 Å². The van der Waals surface area contributed by atoms with E-state index in [0.717, 1.165) is 15.7 Å². The number of hydrogen-bond donors (Lipinski definition) is 0. The maximum absolute atomic E-state index is 13.5. The third kappa shape index (κ3) is 3.57. The highest BCUT2D eigenvalue weighted by Gasteiger charge is 2.27. The average molecular weight is 444 g/mol. The topological polar surface area (TPSA) is 77.4 Å². The molecule has 0 saturated heterocycles. The smallest absolute Gasteiger partial charge is 0.297 e. The molecular formula is C24H21FN6O2. The number of hydrazone groups is 1. The second kappa shape index (κ2) is 8.01. The van der Waals surface area contributed by atoms with E-state index in [1.54, 1.807) is 28.8 Å². The number of aromatic nitrogens is 4. The molecule has 33 heavy (non-hydrogen) atoms. The Balaban J connectivity index is 1.64. The zero-order chi connectivity index (χ0) is 23.1. The van der Waals surface area contributed by atoms with Crippen LogP contribution in [0.1, 0.15) is 11.1 Å². The zero-order valence-electron chi connectivity index (χ0n) is 18.1. The largest absolute Gasteiger partial charge is 0.332 e. The lowest BCUT2D eigenvalue weighted by molar-refractivity contribution is 0.627. The Bertz CT molecular complexity index is 1530. The van der Waals surface area contributed by atoms with E-state index < -0.39 is 11.2 Å². The van der Waals surface area contributed by atoms with Crippen molar-refractivity contribution in [2.75, 3.05) is 11.6 Å². The van der Waals surface area contributed by atoms with Gasteiger partial charge in [0, 0.05) is 14.1 Å². The van der Waals surface area contributed by atoms with E-state index in [4.69, 9.17) is 5.10 Å². The summed E-state index contributed by atoms with van der Waals surface area (Å²) in [5, 5.41) is 6.44. The van der Waals surface area contributed by atoms with Crippen molar-refractivity contribution >= 4 is 28.9 Å². The normalized spacial score (nSPS) is 13.5. The molecule has 3 heterocycles. The van der Waals surface area contributed by atoms with Gasteiger partial charge >= 0.3 is 5.69 Å². The van der Waals surface area contributed by atoms with E-state index in [2.05, 4.69) is 4.98 Å². The van der Waals surface area contributed by atoms with Crippen LogP contribution >= 0.6 is 0 Å². The van der Waals surface area contributed by atoms with Crippen LogP contribution in [0.5, 0.6) is 0 Å². The second-order valence-electron chi connectivity index (χ2n) is 7.82. The van der Waals surface area contributed by atoms with Crippen molar-refractivity contribution in [3.05, 3.63) is 98.5 Å². The Hall–Kier alpha value is -4.27. The number of rotatable bonds is 4. The first kappa shape index (κ1) is 20.6. The fourth-order valence-electron chi connectivity index (χ4n) is 3.92. The van der Waals surface area contributed by atoms with Gasteiger partial charge in [-0.3, -0.25) is 18.5 Å². The highest BCUT2D eigenvalue weighted by Crippen LogP contribution is 2.25. The highest BCUT2D eigenvalue weighted by atomic mass is 19.1. The third-order valence-electron chi connectivity index (χ3n) is 5.67. The van der Waals surface area contributed by atoms with Crippen LogP contribution in [0.15, 0.2) is 75.4 Å². The Kier molecular flexibility index (Phi) is 5.01. The minimum Gasteiger partial charge on any atom is -0.297 e. The molecule has 166 valence electrons. The first-order chi connectivity index (χ1) is 15.9. The van der Waals surface area contributed by atoms with Crippen LogP contribution in [-0.4, -0.2) is 30.9 Å². The van der Waals surface area contributed by atoms with Gasteiger partial charge in [0.2, 0.25) is 5.95 Å². The summed E-state index contributed by atoms with van der Waals surface area (Å²) >= 11 is 0.